The Morgan fingerprint density at radius 3 is 2.78 bits per heavy atom. The number of aromatic nitrogens is 2. The van der Waals surface area contributed by atoms with E-state index in [1.807, 2.05) is 11.9 Å². The fourth-order valence-electron chi connectivity index (χ4n) is 1.42. The summed E-state index contributed by atoms with van der Waals surface area (Å²) in [5.74, 6) is 0. The molecular weight excluding hydrogens is 256 g/mol. The number of aryl methyl sites for hydroxylation is 1. The van der Waals surface area contributed by atoms with Crippen LogP contribution in [0.3, 0.4) is 0 Å². The van der Waals surface area contributed by atoms with Crippen LogP contribution in [0.5, 0.6) is 0 Å². The molecule has 7 nitrogen and oxygen atoms in total. The second-order valence-corrected chi connectivity index (χ2v) is 5.79. The first-order valence-electron chi connectivity index (χ1n) is 5.64. The lowest BCUT2D eigenvalue weighted by atomic mass is 10.5. The highest BCUT2D eigenvalue weighted by molar-refractivity contribution is 7.89. The summed E-state index contributed by atoms with van der Waals surface area (Å²) in [5.41, 5.74) is 0.537. The second kappa shape index (κ2) is 6.83. The number of H-pyrrole nitrogens is 1. The Morgan fingerprint density at radius 1 is 1.50 bits per heavy atom. The fourth-order valence-corrected chi connectivity index (χ4v) is 2.57. The molecule has 104 valence electrons. The van der Waals surface area contributed by atoms with Crippen molar-refractivity contribution in [2.45, 2.75) is 11.8 Å². The van der Waals surface area contributed by atoms with Gasteiger partial charge in [0.25, 0.3) is 0 Å². The summed E-state index contributed by atoms with van der Waals surface area (Å²) in [5, 5.41) is 6.31. The SMILES string of the molecule is COCCN(C)CCNS(=O)(=O)c1cn[nH]c1C. The van der Waals surface area contributed by atoms with Crippen molar-refractivity contribution in [1.29, 1.82) is 0 Å². The van der Waals surface area contributed by atoms with Crippen LogP contribution in [0, 0.1) is 6.92 Å². The van der Waals surface area contributed by atoms with Gasteiger partial charge in [-0.25, -0.2) is 13.1 Å². The van der Waals surface area contributed by atoms with Gasteiger partial charge in [0.2, 0.25) is 10.0 Å². The lowest BCUT2D eigenvalue weighted by molar-refractivity contribution is 0.162. The first-order chi connectivity index (χ1) is 8.47. The van der Waals surface area contributed by atoms with E-state index in [0.29, 0.717) is 25.4 Å². The van der Waals surface area contributed by atoms with Gasteiger partial charge < -0.3 is 9.64 Å². The molecule has 0 saturated heterocycles. The van der Waals surface area contributed by atoms with E-state index in [1.165, 1.54) is 6.20 Å². The molecule has 1 rings (SSSR count). The van der Waals surface area contributed by atoms with E-state index in [9.17, 15) is 8.42 Å². The van der Waals surface area contributed by atoms with Crippen molar-refractivity contribution in [3.8, 4) is 0 Å². The smallest absolute Gasteiger partial charge is 0.243 e. The van der Waals surface area contributed by atoms with Crippen molar-refractivity contribution < 1.29 is 13.2 Å². The van der Waals surface area contributed by atoms with Crippen LogP contribution in [-0.4, -0.2) is 63.9 Å². The Kier molecular flexibility index (Phi) is 5.73. The van der Waals surface area contributed by atoms with Crippen molar-refractivity contribution in [1.82, 2.24) is 19.8 Å². The maximum atomic E-state index is 11.9. The maximum absolute atomic E-state index is 11.9. The quantitative estimate of drug-likeness (QED) is 0.673. The Morgan fingerprint density at radius 2 is 2.22 bits per heavy atom. The number of hydrogen-bond donors (Lipinski definition) is 2. The van der Waals surface area contributed by atoms with E-state index in [1.54, 1.807) is 14.0 Å². The van der Waals surface area contributed by atoms with Crippen LogP contribution < -0.4 is 4.72 Å². The van der Waals surface area contributed by atoms with Gasteiger partial charge >= 0.3 is 0 Å². The Balaban J connectivity index is 2.42. The molecule has 1 aromatic rings. The molecule has 8 heteroatoms. The Labute approximate surface area is 108 Å². The van der Waals surface area contributed by atoms with E-state index < -0.39 is 10.0 Å². The van der Waals surface area contributed by atoms with E-state index in [2.05, 4.69) is 14.9 Å². The minimum Gasteiger partial charge on any atom is -0.383 e. The van der Waals surface area contributed by atoms with Gasteiger partial charge in [0, 0.05) is 26.7 Å². The van der Waals surface area contributed by atoms with Crippen LogP contribution in [0.25, 0.3) is 0 Å². The molecule has 0 atom stereocenters. The number of sulfonamides is 1. The van der Waals surface area contributed by atoms with Gasteiger partial charge in [0.1, 0.15) is 4.90 Å². The fraction of sp³-hybridized carbons (Fsp3) is 0.700. The number of ether oxygens (including phenoxy) is 1. The number of likely N-dealkylation sites (N-methyl/N-ethyl adjacent to an activating group) is 1. The predicted molar refractivity (Wildman–Crippen MR) is 67.9 cm³/mol. The highest BCUT2D eigenvalue weighted by Gasteiger charge is 2.17. The normalized spacial score (nSPS) is 12.2. The zero-order valence-corrected chi connectivity index (χ0v) is 11.7. The third kappa shape index (κ3) is 4.37. The van der Waals surface area contributed by atoms with E-state index in [-0.39, 0.29) is 4.90 Å². The molecule has 1 heterocycles. The first-order valence-corrected chi connectivity index (χ1v) is 7.13. The van der Waals surface area contributed by atoms with Gasteiger partial charge in [-0.15, -0.1) is 0 Å². The van der Waals surface area contributed by atoms with Crippen molar-refractivity contribution in [3.05, 3.63) is 11.9 Å². The first kappa shape index (κ1) is 15.1. The highest BCUT2D eigenvalue weighted by Crippen LogP contribution is 2.09. The molecule has 2 N–H and O–H groups in total. The number of rotatable bonds is 8. The molecule has 0 aliphatic heterocycles. The van der Waals surface area contributed by atoms with Crippen LogP contribution in [0.1, 0.15) is 5.69 Å². The lowest BCUT2D eigenvalue weighted by Crippen LogP contribution is -2.34. The molecular formula is C10H20N4O3S. The predicted octanol–water partition coefficient (Wildman–Crippen LogP) is -0.425. The van der Waals surface area contributed by atoms with Crippen LogP contribution in [0.2, 0.25) is 0 Å². The average Bonchev–Trinajstić information content (AvgIpc) is 2.73. The van der Waals surface area contributed by atoms with Gasteiger partial charge in [-0.3, -0.25) is 5.10 Å². The number of nitrogens with zero attached hydrogens (tertiary/aromatic N) is 2. The number of aromatic amines is 1. The molecule has 0 radical (unpaired) electrons. The number of methoxy groups -OCH3 is 1. The minimum atomic E-state index is -3.47. The molecule has 0 unspecified atom stereocenters. The zero-order valence-electron chi connectivity index (χ0n) is 10.9. The molecule has 0 saturated carbocycles. The summed E-state index contributed by atoms with van der Waals surface area (Å²) in [7, 11) is 0.0848. The number of nitrogens with one attached hydrogen (secondary N) is 2. The zero-order chi connectivity index (χ0) is 13.6. The van der Waals surface area contributed by atoms with Gasteiger partial charge in [-0.2, -0.15) is 5.10 Å². The molecule has 0 aromatic carbocycles. The highest BCUT2D eigenvalue weighted by atomic mass is 32.2. The van der Waals surface area contributed by atoms with Gasteiger partial charge in [-0.05, 0) is 14.0 Å². The van der Waals surface area contributed by atoms with E-state index in [4.69, 9.17) is 4.74 Å². The topological polar surface area (TPSA) is 87.3 Å². The summed E-state index contributed by atoms with van der Waals surface area (Å²) >= 11 is 0. The molecule has 0 aliphatic rings. The van der Waals surface area contributed by atoms with Crippen LogP contribution in [-0.2, 0) is 14.8 Å². The molecule has 0 bridgehead atoms. The van der Waals surface area contributed by atoms with E-state index >= 15 is 0 Å². The summed E-state index contributed by atoms with van der Waals surface area (Å²) in [6, 6.07) is 0. The summed E-state index contributed by atoms with van der Waals surface area (Å²) in [6.07, 6.45) is 1.31. The maximum Gasteiger partial charge on any atom is 0.243 e. The van der Waals surface area contributed by atoms with Crippen LogP contribution in [0.15, 0.2) is 11.1 Å². The Bertz CT molecular complexity index is 457. The molecule has 18 heavy (non-hydrogen) atoms. The van der Waals surface area contributed by atoms with Gasteiger partial charge in [0.05, 0.1) is 18.5 Å². The summed E-state index contributed by atoms with van der Waals surface area (Å²) in [6.45, 7) is 4.05. The molecule has 0 fully saturated rings. The van der Waals surface area contributed by atoms with Crippen molar-refractivity contribution in [2.75, 3.05) is 40.4 Å². The Hall–Kier alpha value is -0.960. The average molecular weight is 276 g/mol. The van der Waals surface area contributed by atoms with Gasteiger partial charge in [0.15, 0.2) is 0 Å². The van der Waals surface area contributed by atoms with Crippen molar-refractivity contribution in [3.63, 3.8) is 0 Å². The monoisotopic (exact) mass is 276 g/mol. The third-order valence-corrected chi connectivity index (χ3v) is 4.11. The van der Waals surface area contributed by atoms with Crippen LogP contribution >= 0.6 is 0 Å². The molecule has 0 spiro atoms. The standard InChI is InChI=1S/C10H20N4O3S/c1-9-10(8-11-13-9)18(15,16)12-4-5-14(2)6-7-17-3/h8,12H,4-7H2,1-3H3,(H,11,13). The minimum absolute atomic E-state index is 0.196. The van der Waals surface area contributed by atoms with Crippen molar-refractivity contribution in [2.24, 2.45) is 0 Å². The van der Waals surface area contributed by atoms with Crippen LogP contribution in [0.4, 0.5) is 0 Å². The van der Waals surface area contributed by atoms with Crippen molar-refractivity contribution >= 4 is 10.0 Å². The largest absolute Gasteiger partial charge is 0.383 e. The van der Waals surface area contributed by atoms with E-state index in [0.717, 1.165) is 6.54 Å². The molecule has 0 aliphatic carbocycles. The second-order valence-electron chi connectivity index (χ2n) is 4.05. The lowest BCUT2D eigenvalue weighted by Gasteiger charge is -2.16. The molecule has 0 amide bonds. The number of hydrogen-bond acceptors (Lipinski definition) is 5. The summed E-state index contributed by atoms with van der Waals surface area (Å²) in [4.78, 5) is 2.19. The summed E-state index contributed by atoms with van der Waals surface area (Å²) < 4.78 is 31.3. The van der Waals surface area contributed by atoms with Gasteiger partial charge in [-0.1, -0.05) is 0 Å². The molecule has 1 aromatic heterocycles. The third-order valence-electron chi connectivity index (χ3n) is 2.54.